The van der Waals surface area contributed by atoms with E-state index in [1.807, 2.05) is 36.7 Å². The third-order valence-corrected chi connectivity index (χ3v) is 5.11. The van der Waals surface area contributed by atoms with Crippen LogP contribution in [0, 0.1) is 5.41 Å². The van der Waals surface area contributed by atoms with Crippen LogP contribution in [0.3, 0.4) is 0 Å². The lowest BCUT2D eigenvalue weighted by Crippen LogP contribution is -2.30. The SMILES string of the molecule is CNC1CC(C)(C)Cc2nc(Cc3ccccn3)sc21. The predicted octanol–water partition coefficient (Wildman–Crippen LogP) is 3.36. The van der Waals surface area contributed by atoms with Crippen LogP contribution in [-0.2, 0) is 12.8 Å². The van der Waals surface area contributed by atoms with Gasteiger partial charge in [-0.2, -0.15) is 0 Å². The van der Waals surface area contributed by atoms with Crippen LogP contribution in [0.15, 0.2) is 24.4 Å². The van der Waals surface area contributed by atoms with Crippen molar-refractivity contribution >= 4 is 11.3 Å². The second-order valence-corrected chi connectivity index (χ2v) is 7.42. The normalized spacial score (nSPS) is 20.6. The summed E-state index contributed by atoms with van der Waals surface area (Å²) in [6.45, 7) is 4.66. The van der Waals surface area contributed by atoms with Crippen molar-refractivity contribution in [3.05, 3.63) is 45.7 Å². The third kappa shape index (κ3) is 2.76. The van der Waals surface area contributed by atoms with Crippen molar-refractivity contribution < 1.29 is 0 Å². The Kier molecular flexibility index (Phi) is 3.61. The zero-order chi connectivity index (χ0) is 14.2. The van der Waals surface area contributed by atoms with Gasteiger partial charge in [0.1, 0.15) is 0 Å². The van der Waals surface area contributed by atoms with E-state index in [0.717, 1.165) is 18.5 Å². The van der Waals surface area contributed by atoms with Crippen molar-refractivity contribution in [1.29, 1.82) is 0 Å². The highest BCUT2D eigenvalue weighted by molar-refractivity contribution is 7.11. The van der Waals surface area contributed by atoms with E-state index in [1.54, 1.807) is 0 Å². The minimum Gasteiger partial charge on any atom is -0.312 e. The highest BCUT2D eigenvalue weighted by atomic mass is 32.1. The molecule has 3 rings (SSSR count). The number of aromatic nitrogens is 2. The smallest absolute Gasteiger partial charge is 0.0991 e. The minimum atomic E-state index is 0.330. The van der Waals surface area contributed by atoms with Crippen LogP contribution in [0.1, 0.15) is 47.6 Å². The number of rotatable bonds is 3. The molecule has 0 bridgehead atoms. The lowest BCUT2D eigenvalue weighted by Gasteiger charge is -2.34. The molecule has 0 radical (unpaired) electrons. The van der Waals surface area contributed by atoms with Gasteiger partial charge in [0.25, 0.3) is 0 Å². The number of pyridine rings is 1. The van der Waals surface area contributed by atoms with Gasteiger partial charge in [-0.25, -0.2) is 4.98 Å². The standard InChI is InChI=1S/C16H21N3S/c1-16(2)9-12(17-3)15-13(10-16)19-14(20-15)8-11-6-4-5-7-18-11/h4-7,12,17H,8-10H2,1-3H3. The van der Waals surface area contributed by atoms with Crippen molar-refractivity contribution in [2.45, 2.75) is 39.2 Å². The zero-order valence-corrected chi connectivity index (χ0v) is 13.1. The van der Waals surface area contributed by atoms with E-state index in [-0.39, 0.29) is 0 Å². The first-order chi connectivity index (χ1) is 9.57. The molecule has 4 heteroatoms. The molecule has 0 spiro atoms. The summed E-state index contributed by atoms with van der Waals surface area (Å²) in [4.78, 5) is 10.7. The van der Waals surface area contributed by atoms with Gasteiger partial charge in [0.05, 0.1) is 10.7 Å². The van der Waals surface area contributed by atoms with Gasteiger partial charge in [-0.05, 0) is 37.4 Å². The number of fused-ring (bicyclic) bond motifs is 1. The van der Waals surface area contributed by atoms with Crippen molar-refractivity contribution in [1.82, 2.24) is 15.3 Å². The van der Waals surface area contributed by atoms with E-state index < -0.39 is 0 Å². The Morgan fingerprint density at radius 1 is 1.40 bits per heavy atom. The summed E-state index contributed by atoms with van der Waals surface area (Å²) in [5.74, 6) is 0. The fourth-order valence-electron chi connectivity index (χ4n) is 2.95. The van der Waals surface area contributed by atoms with E-state index in [0.29, 0.717) is 11.5 Å². The van der Waals surface area contributed by atoms with Crippen LogP contribution >= 0.6 is 11.3 Å². The predicted molar refractivity (Wildman–Crippen MR) is 83.1 cm³/mol. The van der Waals surface area contributed by atoms with Gasteiger partial charge < -0.3 is 5.32 Å². The molecule has 2 aromatic rings. The molecule has 0 amide bonds. The summed E-state index contributed by atoms with van der Waals surface area (Å²) >= 11 is 1.85. The summed E-state index contributed by atoms with van der Waals surface area (Å²) in [6.07, 6.45) is 4.96. The fraction of sp³-hybridized carbons (Fsp3) is 0.500. The second-order valence-electron chi connectivity index (χ2n) is 6.30. The molecule has 0 aromatic carbocycles. The molecule has 1 aliphatic carbocycles. The average molecular weight is 287 g/mol. The maximum atomic E-state index is 4.88. The molecule has 0 saturated carbocycles. The Hall–Kier alpha value is -1.26. The van der Waals surface area contributed by atoms with Crippen LogP contribution in [0.25, 0.3) is 0 Å². The molecule has 1 N–H and O–H groups in total. The molecule has 0 aliphatic heterocycles. The van der Waals surface area contributed by atoms with Gasteiger partial charge in [-0.1, -0.05) is 19.9 Å². The van der Waals surface area contributed by atoms with Gasteiger partial charge in [0, 0.05) is 29.2 Å². The van der Waals surface area contributed by atoms with Crippen molar-refractivity contribution in [2.24, 2.45) is 5.41 Å². The summed E-state index contributed by atoms with van der Waals surface area (Å²) in [5.41, 5.74) is 2.71. The number of nitrogens with one attached hydrogen (secondary N) is 1. The largest absolute Gasteiger partial charge is 0.312 e. The molecule has 20 heavy (non-hydrogen) atoms. The number of nitrogens with zero attached hydrogens (tertiary/aromatic N) is 2. The monoisotopic (exact) mass is 287 g/mol. The summed E-state index contributed by atoms with van der Waals surface area (Å²) in [7, 11) is 2.05. The maximum Gasteiger partial charge on any atom is 0.0991 e. The zero-order valence-electron chi connectivity index (χ0n) is 12.3. The van der Waals surface area contributed by atoms with Gasteiger partial charge >= 0.3 is 0 Å². The van der Waals surface area contributed by atoms with E-state index in [1.165, 1.54) is 22.0 Å². The Morgan fingerprint density at radius 3 is 2.95 bits per heavy atom. The van der Waals surface area contributed by atoms with Gasteiger partial charge in [-0.3, -0.25) is 4.98 Å². The van der Waals surface area contributed by atoms with Crippen LogP contribution in [-0.4, -0.2) is 17.0 Å². The van der Waals surface area contributed by atoms with E-state index in [2.05, 4.69) is 30.2 Å². The molecule has 0 fully saturated rings. The van der Waals surface area contributed by atoms with E-state index in [9.17, 15) is 0 Å². The molecular weight excluding hydrogens is 266 g/mol. The maximum absolute atomic E-state index is 4.88. The van der Waals surface area contributed by atoms with Gasteiger partial charge in [0.15, 0.2) is 0 Å². The Bertz CT molecular complexity index is 589. The fourth-order valence-corrected chi connectivity index (χ4v) is 4.16. The first-order valence-electron chi connectivity index (χ1n) is 7.13. The summed E-state index contributed by atoms with van der Waals surface area (Å²) in [6, 6.07) is 6.51. The summed E-state index contributed by atoms with van der Waals surface area (Å²) in [5, 5.41) is 4.63. The van der Waals surface area contributed by atoms with Crippen LogP contribution < -0.4 is 5.32 Å². The molecular formula is C16H21N3S. The minimum absolute atomic E-state index is 0.330. The molecule has 2 aromatic heterocycles. The van der Waals surface area contributed by atoms with Crippen molar-refractivity contribution in [3.63, 3.8) is 0 Å². The molecule has 106 valence electrons. The third-order valence-electron chi connectivity index (χ3n) is 3.90. The number of hydrogen-bond donors (Lipinski definition) is 1. The Morgan fingerprint density at radius 2 is 2.25 bits per heavy atom. The molecule has 1 aliphatic rings. The van der Waals surface area contributed by atoms with Gasteiger partial charge in [-0.15, -0.1) is 11.3 Å². The molecule has 2 heterocycles. The molecule has 1 unspecified atom stereocenters. The molecule has 1 atom stereocenters. The average Bonchev–Trinajstić information content (AvgIpc) is 2.79. The lowest BCUT2D eigenvalue weighted by atomic mass is 9.76. The van der Waals surface area contributed by atoms with E-state index >= 15 is 0 Å². The number of hydrogen-bond acceptors (Lipinski definition) is 4. The second kappa shape index (κ2) is 5.26. The first-order valence-corrected chi connectivity index (χ1v) is 7.95. The highest BCUT2D eigenvalue weighted by Crippen LogP contribution is 2.43. The number of thiazole rings is 1. The van der Waals surface area contributed by atoms with Gasteiger partial charge in [0.2, 0.25) is 0 Å². The van der Waals surface area contributed by atoms with Crippen LogP contribution in [0.5, 0.6) is 0 Å². The first kappa shape index (κ1) is 13.7. The Labute approximate surface area is 124 Å². The van der Waals surface area contributed by atoms with Crippen LogP contribution in [0.4, 0.5) is 0 Å². The topological polar surface area (TPSA) is 37.8 Å². The van der Waals surface area contributed by atoms with Crippen LogP contribution in [0.2, 0.25) is 0 Å². The Balaban J connectivity index is 1.88. The quantitative estimate of drug-likeness (QED) is 0.940. The highest BCUT2D eigenvalue weighted by Gasteiger charge is 2.34. The summed E-state index contributed by atoms with van der Waals surface area (Å²) < 4.78 is 0. The molecule has 3 nitrogen and oxygen atoms in total. The van der Waals surface area contributed by atoms with Crippen molar-refractivity contribution in [2.75, 3.05) is 7.05 Å². The van der Waals surface area contributed by atoms with E-state index in [4.69, 9.17) is 4.98 Å². The molecule has 0 saturated heterocycles. The van der Waals surface area contributed by atoms with Crippen molar-refractivity contribution in [3.8, 4) is 0 Å². The lowest BCUT2D eigenvalue weighted by molar-refractivity contribution is 0.265.